The van der Waals surface area contributed by atoms with Crippen LogP contribution in [-0.4, -0.2) is 30.0 Å². The van der Waals surface area contributed by atoms with Gasteiger partial charge in [-0.2, -0.15) is 0 Å². The summed E-state index contributed by atoms with van der Waals surface area (Å²) in [5.41, 5.74) is 0.536. The van der Waals surface area contributed by atoms with Crippen molar-refractivity contribution in [3.8, 4) is 17.2 Å². The third-order valence-electron chi connectivity index (χ3n) is 3.35. The van der Waals surface area contributed by atoms with Crippen molar-refractivity contribution in [2.24, 2.45) is 0 Å². The van der Waals surface area contributed by atoms with Crippen LogP contribution >= 0.6 is 0 Å². The van der Waals surface area contributed by atoms with Crippen molar-refractivity contribution in [3.05, 3.63) is 40.3 Å². The molecule has 0 spiro atoms. The zero-order chi connectivity index (χ0) is 17.5. The van der Waals surface area contributed by atoms with Crippen molar-refractivity contribution < 1.29 is 24.1 Å². The second-order valence-corrected chi connectivity index (χ2v) is 5.60. The van der Waals surface area contributed by atoms with Crippen LogP contribution in [0.25, 0.3) is 11.0 Å². The largest absolute Gasteiger partial charge is 0.504 e. The quantitative estimate of drug-likeness (QED) is 0.438. The maximum absolute atomic E-state index is 12.0. The summed E-state index contributed by atoms with van der Waals surface area (Å²) in [6.07, 6.45) is 3.18. The minimum atomic E-state index is -0.736. The van der Waals surface area contributed by atoms with Crippen molar-refractivity contribution in [1.29, 1.82) is 0 Å². The first-order valence-electron chi connectivity index (χ1n) is 7.82. The molecule has 1 aromatic heterocycles. The fourth-order valence-electron chi connectivity index (χ4n) is 2.06. The Bertz CT molecular complexity index is 771. The number of hydrogen-bond donors (Lipinski definition) is 2. The summed E-state index contributed by atoms with van der Waals surface area (Å²) in [5, 5.41) is 19.4. The normalized spacial score (nSPS) is 10.6. The third-order valence-corrected chi connectivity index (χ3v) is 3.35. The maximum atomic E-state index is 12.0. The van der Waals surface area contributed by atoms with Crippen molar-refractivity contribution in [1.82, 2.24) is 0 Å². The molecule has 6 nitrogen and oxygen atoms in total. The van der Waals surface area contributed by atoms with Crippen molar-refractivity contribution >= 4 is 11.0 Å². The van der Waals surface area contributed by atoms with Crippen LogP contribution in [-0.2, 0) is 0 Å². The van der Waals surface area contributed by atoms with Gasteiger partial charge in [-0.1, -0.05) is 5.57 Å². The van der Waals surface area contributed by atoms with Gasteiger partial charge in [-0.25, -0.2) is 4.79 Å². The number of hydrogen-bond acceptors (Lipinski definition) is 6. The molecule has 0 amide bonds. The molecule has 2 aromatic rings. The molecule has 0 radical (unpaired) electrons. The molecule has 6 heteroatoms. The summed E-state index contributed by atoms with van der Waals surface area (Å²) in [4.78, 5) is 12.0. The third kappa shape index (κ3) is 4.52. The van der Waals surface area contributed by atoms with E-state index in [-0.39, 0.29) is 30.3 Å². The van der Waals surface area contributed by atoms with Gasteiger partial charge in [0.15, 0.2) is 5.75 Å². The molecule has 1 heterocycles. The van der Waals surface area contributed by atoms with Gasteiger partial charge in [0.05, 0.1) is 12.0 Å². The molecule has 24 heavy (non-hydrogen) atoms. The molecular weight excluding hydrogens is 312 g/mol. The van der Waals surface area contributed by atoms with Gasteiger partial charge in [-0.15, -0.1) is 0 Å². The Labute approximate surface area is 139 Å². The monoisotopic (exact) mass is 334 g/mol. The molecule has 2 N–H and O–H groups in total. The number of unbranched alkanes of at least 4 members (excludes halogenated alkanes) is 1. The van der Waals surface area contributed by atoms with Gasteiger partial charge in [-0.05, 0) is 44.9 Å². The number of aromatic hydroxyl groups is 1. The van der Waals surface area contributed by atoms with Gasteiger partial charge in [0.1, 0.15) is 17.9 Å². The Morgan fingerprint density at radius 3 is 2.75 bits per heavy atom. The molecule has 130 valence electrons. The van der Waals surface area contributed by atoms with Gasteiger partial charge in [0, 0.05) is 12.7 Å². The lowest BCUT2D eigenvalue weighted by molar-refractivity contribution is 0.253. The topological polar surface area (TPSA) is 89.1 Å². The average molecular weight is 334 g/mol. The fourth-order valence-corrected chi connectivity index (χ4v) is 2.06. The highest BCUT2D eigenvalue weighted by molar-refractivity contribution is 5.86. The lowest BCUT2D eigenvalue weighted by Gasteiger charge is -2.09. The van der Waals surface area contributed by atoms with E-state index in [0.29, 0.717) is 24.2 Å². The van der Waals surface area contributed by atoms with Crippen LogP contribution < -0.4 is 15.1 Å². The van der Waals surface area contributed by atoms with Crippen molar-refractivity contribution in [2.75, 3.05) is 19.8 Å². The van der Waals surface area contributed by atoms with Crippen LogP contribution in [0, 0.1) is 0 Å². The first-order chi connectivity index (χ1) is 11.5. The molecular formula is C18H22O6. The van der Waals surface area contributed by atoms with Crippen LogP contribution in [0.15, 0.2) is 39.1 Å². The molecule has 0 saturated heterocycles. The summed E-state index contributed by atoms with van der Waals surface area (Å²) < 4.78 is 16.1. The highest BCUT2D eigenvalue weighted by atomic mass is 16.5. The summed E-state index contributed by atoms with van der Waals surface area (Å²) >= 11 is 0. The zero-order valence-electron chi connectivity index (χ0n) is 13.9. The number of benzene rings is 1. The Hall–Kier alpha value is -2.47. The summed E-state index contributed by atoms with van der Waals surface area (Å²) in [7, 11) is 0. The van der Waals surface area contributed by atoms with Crippen molar-refractivity contribution in [3.63, 3.8) is 0 Å². The van der Waals surface area contributed by atoms with E-state index in [0.717, 1.165) is 12.0 Å². The first kappa shape index (κ1) is 17.9. The van der Waals surface area contributed by atoms with E-state index >= 15 is 0 Å². The molecule has 0 aliphatic rings. The lowest BCUT2D eigenvalue weighted by Crippen LogP contribution is -2.07. The molecule has 0 fully saturated rings. The predicted octanol–water partition coefficient (Wildman–Crippen LogP) is 2.99. The fraction of sp³-hybridized carbons (Fsp3) is 0.389. The van der Waals surface area contributed by atoms with E-state index in [1.807, 2.05) is 13.8 Å². The van der Waals surface area contributed by atoms with E-state index in [1.165, 1.54) is 0 Å². The number of allylic oxidation sites excluding steroid dienone is 1. The Kier molecular flexibility index (Phi) is 6.26. The van der Waals surface area contributed by atoms with E-state index in [1.54, 1.807) is 24.3 Å². The summed E-state index contributed by atoms with van der Waals surface area (Å²) in [5.74, 6) is 0.0908. The second kappa shape index (κ2) is 8.40. The SMILES string of the molecule is CC(C)=CCOc1c(O)c2ccc(OCCCCO)cc2oc1=O. The van der Waals surface area contributed by atoms with E-state index in [9.17, 15) is 9.90 Å². The predicted molar refractivity (Wildman–Crippen MR) is 90.9 cm³/mol. The van der Waals surface area contributed by atoms with E-state index < -0.39 is 5.63 Å². The smallest absolute Gasteiger partial charge is 0.383 e. The number of ether oxygens (including phenoxy) is 2. The van der Waals surface area contributed by atoms with Gasteiger partial charge < -0.3 is 24.1 Å². The minimum Gasteiger partial charge on any atom is -0.504 e. The molecule has 0 aliphatic carbocycles. The summed E-state index contributed by atoms with van der Waals surface area (Å²) in [6, 6.07) is 4.85. The first-order valence-corrected chi connectivity index (χ1v) is 7.82. The summed E-state index contributed by atoms with van der Waals surface area (Å²) in [6.45, 7) is 4.58. The molecule has 0 bridgehead atoms. The molecule has 0 atom stereocenters. The Balaban J connectivity index is 2.22. The van der Waals surface area contributed by atoms with Gasteiger partial charge in [0.2, 0.25) is 5.75 Å². The second-order valence-electron chi connectivity index (χ2n) is 5.60. The molecule has 2 rings (SSSR count). The van der Waals surface area contributed by atoms with E-state index in [4.69, 9.17) is 19.0 Å². The Morgan fingerprint density at radius 1 is 1.25 bits per heavy atom. The van der Waals surface area contributed by atoms with Crippen LogP contribution in [0.3, 0.4) is 0 Å². The zero-order valence-corrected chi connectivity index (χ0v) is 13.9. The minimum absolute atomic E-state index is 0.124. The molecule has 0 saturated carbocycles. The van der Waals surface area contributed by atoms with E-state index in [2.05, 4.69) is 0 Å². The number of rotatable bonds is 8. The molecule has 0 unspecified atom stereocenters. The number of aliphatic hydroxyl groups is 1. The highest BCUT2D eigenvalue weighted by Crippen LogP contribution is 2.33. The van der Waals surface area contributed by atoms with Crippen molar-refractivity contribution in [2.45, 2.75) is 26.7 Å². The van der Waals surface area contributed by atoms with Crippen LogP contribution in [0.5, 0.6) is 17.2 Å². The Morgan fingerprint density at radius 2 is 2.04 bits per heavy atom. The van der Waals surface area contributed by atoms with Crippen LogP contribution in [0.2, 0.25) is 0 Å². The number of aliphatic hydroxyl groups excluding tert-OH is 1. The maximum Gasteiger partial charge on any atom is 0.383 e. The average Bonchev–Trinajstić information content (AvgIpc) is 2.54. The standard InChI is InChI=1S/C18H22O6/c1-12(2)7-10-23-17-16(20)14-6-5-13(22-9-4-3-8-19)11-15(14)24-18(17)21/h5-7,11,19-20H,3-4,8-10H2,1-2H3. The molecule has 0 aliphatic heterocycles. The van der Waals surface area contributed by atoms with Crippen LogP contribution in [0.4, 0.5) is 0 Å². The van der Waals surface area contributed by atoms with Crippen LogP contribution in [0.1, 0.15) is 26.7 Å². The van der Waals surface area contributed by atoms with Gasteiger partial charge >= 0.3 is 5.63 Å². The number of fused-ring (bicyclic) bond motifs is 1. The lowest BCUT2D eigenvalue weighted by atomic mass is 10.2. The van der Waals surface area contributed by atoms with Gasteiger partial charge in [-0.3, -0.25) is 0 Å². The molecule has 1 aromatic carbocycles. The van der Waals surface area contributed by atoms with Gasteiger partial charge in [0.25, 0.3) is 0 Å². The highest BCUT2D eigenvalue weighted by Gasteiger charge is 2.15.